The molecule has 0 aliphatic carbocycles. The van der Waals surface area contributed by atoms with Gasteiger partial charge in [0.15, 0.2) is 0 Å². The number of hydrogen-bond donors (Lipinski definition) is 1. The lowest BCUT2D eigenvalue weighted by Gasteiger charge is -2.25. The maximum absolute atomic E-state index is 12.2. The van der Waals surface area contributed by atoms with Crippen molar-refractivity contribution in [3.8, 4) is 6.07 Å². The molecule has 21 heavy (non-hydrogen) atoms. The molecule has 1 aromatic rings. The van der Waals surface area contributed by atoms with E-state index in [0.29, 0.717) is 10.0 Å². The topological polar surface area (TPSA) is 52.9 Å². The highest BCUT2D eigenvalue weighted by molar-refractivity contribution is 6.35. The molecule has 0 bridgehead atoms. The molecule has 1 N–H and O–H groups in total. The summed E-state index contributed by atoms with van der Waals surface area (Å²) in [5, 5.41) is 13.0. The quantitative estimate of drug-likeness (QED) is 0.849. The van der Waals surface area contributed by atoms with E-state index in [0.717, 1.165) is 5.56 Å². The van der Waals surface area contributed by atoms with Crippen molar-refractivity contribution < 1.29 is 4.79 Å². The lowest BCUT2D eigenvalue weighted by molar-refractivity contribution is -0.126. The Morgan fingerprint density at radius 3 is 2.33 bits per heavy atom. The van der Waals surface area contributed by atoms with E-state index >= 15 is 0 Å². The summed E-state index contributed by atoms with van der Waals surface area (Å²) < 4.78 is 0. The monoisotopic (exact) mass is 328 g/mol. The zero-order valence-corrected chi connectivity index (χ0v) is 13.5. The number of amides is 1. The molecule has 0 aromatic heterocycles. The van der Waals surface area contributed by atoms with E-state index in [-0.39, 0.29) is 19.4 Å². The minimum atomic E-state index is -0.712. The summed E-state index contributed by atoms with van der Waals surface area (Å²) in [6.45, 7) is 7.41. The fourth-order valence-electron chi connectivity index (χ4n) is 1.87. The Morgan fingerprint density at radius 2 is 1.90 bits per heavy atom. The molecular weight excluding hydrogens is 307 g/mol. The predicted octanol–water partition coefficient (Wildman–Crippen LogP) is 4.99. The summed E-state index contributed by atoms with van der Waals surface area (Å²) in [4.78, 5) is 12.2. The van der Waals surface area contributed by atoms with E-state index in [1.807, 2.05) is 27.7 Å². The second-order valence-corrected chi connectivity index (χ2v) is 6.67. The first-order valence-electron chi connectivity index (χ1n) is 6.31. The number of rotatable bonds is 3. The molecule has 0 aliphatic rings. The van der Waals surface area contributed by atoms with Gasteiger partial charge in [0, 0.05) is 10.0 Å². The maximum Gasteiger partial charge on any atom is 0.238 e. The Bertz CT molecular complexity index is 544. The molecule has 2 atom stereocenters. The van der Waals surface area contributed by atoms with Crippen molar-refractivity contribution >= 4 is 29.1 Å². The van der Waals surface area contributed by atoms with Gasteiger partial charge in [-0.2, -0.15) is 5.26 Å². The molecule has 0 saturated carbocycles. The Morgan fingerprint density at radius 1 is 1.33 bits per heavy atom. The second kappa shape index (κ2) is 7.68. The van der Waals surface area contributed by atoms with Crippen LogP contribution in [0.5, 0.6) is 0 Å². The van der Waals surface area contributed by atoms with Crippen LogP contribution in [0.4, 0.5) is 0 Å². The van der Waals surface area contributed by atoms with E-state index in [1.54, 1.807) is 18.2 Å². The smallest absolute Gasteiger partial charge is 0.238 e. The third-order valence-corrected chi connectivity index (χ3v) is 3.61. The van der Waals surface area contributed by atoms with E-state index < -0.39 is 11.3 Å². The van der Waals surface area contributed by atoms with Gasteiger partial charge in [-0.1, -0.05) is 57.5 Å². The molecule has 1 unspecified atom stereocenters. The maximum atomic E-state index is 12.2. The van der Waals surface area contributed by atoms with Gasteiger partial charge in [0.25, 0.3) is 0 Å². The zero-order chi connectivity index (χ0) is 15.5. The number of carbonyl (C=O) groups excluding carboxylic acids is 1. The zero-order valence-electron chi connectivity index (χ0n) is 12.0. The number of carbonyl (C=O) groups is 1. The number of halogens is 2. The highest BCUT2D eigenvalue weighted by Crippen LogP contribution is 2.29. The molecule has 0 saturated heterocycles. The van der Waals surface area contributed by atoms with Crippen molar-refractivity contribution in [3.63, 3.8) is 0 Å². The van der Waals surface area contributed by atoms with Crippen molar-refractivity contribution in [3.05, 3.63) is 33.8 Å². The molecule has 0 aliphatic heterocycles. The van der Waals surface area contributed by atoms with Crippen LogP contribution in [0, 0.1) is 22.7 Å². The van der Waals surface area contributed by atoms with Crippen LogP contribution in [0.2, 0.25) is 10.0 Å². The van der Waals surface area contributed by atoms with Crippen molar-refractivity contribution in [1.29, 1.82) is 5.26 Å². The lowest BCUT2D eigenvalue weighted by Crippen LogP contribution is -2.38. The SMILES string of the molecule is C.C[C@@H](NC(=O)C(C#N)C(C)(C)C)c1ccc(Cl)cc1Cl. The van der Waals surface area contributed by atoms with Crippen molar-refractivity contribution in [1.82, 2.24) is 5.32 Å². The van der Waals surface area contributed by atoms with Gasteiger partial charge in [-0.15, -0.1) is 0 Å². The van der Waals surface area contributed by atoms with E-state index in [4.69, 9.17) is 28.5 Å². The molecule has 0 heterocycles. The number of nitrogens with one attached hydrogen (secondary N) is 1. The number of nitriles is 1. The van der Waals surface area contributed by atoms with Crippen LogP contribution >= 0.6 is 23.2 Å². The minimum Gasteiger partial charge on any atom is -0.348 e. The predicted molar refractivity (Wildman–Crippen MR) is 88.3 cm³/mol. The first-order chi connectivity index (χ1) is 9.16. The van der Waals surface area contributed by atoms with Gasteiger partial charge >= 0.3 is 0 Å². The summed E-state index contributed by atoms with van der Waals surface area (Å²) in [6, 6.07) is 6.89. The highest BCUT2D eigenvalue weighted by atomic mass is 35.5. The molecule has 0 fully saturated rings. The van der Waals surface area contributed by atoms with Gasteiger partial charge in [0.2, 0.25) is 5.91 Å². The fraction of sp³-hybridized carbons (Fsp3) is 0.500. The molecule has 5 heteroatoms. The van der Waals surface area contributed by atoms with Gasteiger partial charge in [0.1, 0.15) is 5.92 Å². The minimum absolute atomic E-state index is 0. The van der Waals surface area contributed by atoms with Crippen LogP contribution in [0.25, 0.3) is 0 Å². The van der Waals surface area contributed by atoms with Crippen LogP contribution in [0.15, 0.2) is 18.2 Å². The summed E-state index contributed by atoms with van der Waals surface area (Å²) in [5.74, 6) is -1.01. The van der Waals surface area contributed by atoms with Crippen molar-refractivity contribution in [2.45, 2.75) is 41.2 Å². The molecule has 1 amide bonds. The van der Waals surface area contributed by atoms with Crippen LogP contribution in [-0.4, -0.2) is 5.91 Å². The summed E-state index contributed by atoms with van der Waals surface area (Å²) >= 11 is 12.0. The van der Waals surface area contributed by atoms with E-state index in [1.165, 1.54) is 0 Å². The molecule has 0 spiro atoms. The normalized spacial score (nSPS) is 13.6. The standard InChI is InChI=1S/C15H18Cl2N2O.CH4/c1-9(11-6-5-10(16)7-13(11)17)19-14(20)12(8-18)15(2,3)4;/h5-7,9,12H,1-4H3,(H,19,20);1H4/t9-,12?;/m1./s1. The second-order valence-electron chi connectivity index (χ2n) is 5.82. The molecule has 3 nitrogen and oxygen atoms in total. The Kier molecular flexibility index (Phi) is 7.23. The molecule has 116 valence electrons. The summed E-state index contributed by atoms with van der Waals surface area (Å²) in [7, 11) is 0. The molecule has 0 radical (unpaired) electrons. The Balaban J connectivity index is 0.00000400. The fourth-order valence-corrected chi connectivity index (χ4v) is 2.44. The molecule has 1 aromatic carbocycles. The van der Waals surface area contributed by atoms with Gasteiger partial charge < -0.3 is 5.32 Å². The van der Waals surface area contributed by atoms with Gasteiger partial charge in [-0.3, -0.25) is 4.79 Å². The molecular formula is C16H22Cl2N2O. The number of benzene rings is 1. The first kappa shape index (κ1) is 19.8. The van der Waals surface area contributed by atoms with Crippen molar-refractivity contribution in [2.75, 3.05) is 0 Å². The number of nitrogens with zero attached hydrogens (tertiary/aromatic N) is 1. The van der Waals surface area contributed by atoms with Gasteiger partial charge in [0.05, 0.1) is 12.1 Å². The van der Waals surface area contributed by atoms with Crippen LogP contribution < -0.4 is 5.32 Å². The summed E-state index contributed by atoms with van der Waals surface area (Å²) in [5.41, 5.74) is 0.359. The average molecular weight is 329 g/mol. The van der Waals surface area contributed by atoms with E-state index in [9.17, 15) is 4.79 Å². The largest absolute Gasteiger partial charge is 0.348 e. The molecule has 1 rings (SSSR count). The van der Waals surface area contributed by atoms with E-state index in [2.05, 4.69) is 11.4 Å². The van der Waals surface area contributed by atoms with Gasteiger partial charge in [-0.05, 0) is 30.0 Å². The average Bonchev–Trinajstić information content (AvgIpc) is 2.27. The third kappa shape index (κ3) is 5.22. The van der Waals surface area contributed by atoms with Crippen LogP contribution in [0.3, 0.4) is 0 Å². The highest BCUT2D eigenvalue weighted by Gasteiger charge is 2.32. The van der Waals surface area contributed by atoms with Gasteiger partial charge in [-0.25, -0.2) is 0 Å². The first-order valence-corrected chi connectivity index (χ1v) is 7.07. The number of hydrogen-bond acceptors (Lipinski definition) is 2. The van der Waals surface area contributed by atoms with Crippen LogP contribution in [-0.2, 0) is 4.79 Å². The summed E-state index contributed by atoms with van der Waals surface area (Å²) in [6.07, 6.45) is 0. The van der Waals surface area contributed by atoms with Crippen LogP contribution in [0.1, 0.15) is 46.7 Å². The Labute approximate surface area is 137 Å². The van der Waals surface area contributed by atoms with Crippen molar-refractivity contribution in [2.24, 2.45) is 11.3 Å². The lowest BCUT2D eigenvalue weighted by atomic mass is 9.81. The third-order valence-electron chi connectivity index (χ3n) is 3.05. The Hall–Kier alpha value is -1.24.